The summed E-state index contributed by atoms with van der Waals surface area (Å²) >= 11 is 1.26. The molecule has 0 aliphatic rings. The number of rotatable bonds is 6. The van der Waals surface area contributed by atoms with Gasteiger partial charge in [-0.3, -0.25) is 5.32 Å². The molecular weight excluding hydrogens is 374 g/mol. The predicted octanol–water partition coefficient (Wildman–Crippen LogP) is 5.77. The molecule has 3 rings (SSSR count). The van der Waals surface area contributed by atoms with Gasteiger partial charge < -0.3 is 9.47 Å². The van der Waals surface area contributed by atoms with Crippen molar-refractivity contribution in [3.8, 4) is 16.9 Å². The number of hydrogen-bond acceptors (Lipinski definition) is 5. The van der Waals surface area contributed by atoms with Crippen molar-refractivity contribution in [2.24, 2.45) is 0 Å². The van der Waals surface area contributed by atoms with Gasteiger partial charge in [-0.05, 0) is 36.6 Å². The highest BCUT2D eigenvalue weighted by Gasteiger charge is 2.23. The van der Waals surface area contributed by atoms with Gasteiger partial charge in [-0.25, -0.2) is 9.59 Å². The molecule has 0 aliphatic heterocycles. The maximum absolute atomic E-state index is 12.6. The van der Waals surface area contributed by atoms with Crippen LogP contribution in [0.15, 0.2) is 60.0 Å². The standard InChI is InChI=1S/C22H21NO4S/c1-3-15-10-12-16(13-11-15)18-14-28-20(19(18)21(24)26-4-2)23-22(25)27-17-8-6-5-7-9-17/h5-14H,3-4H2,1-2H3,(H,23,25). The molecule has 3 aromatic rings. The van der Waals surface area contributed by atoms with E-state index in [-0.39, 0.29) is 6.61 Å². The van der Waals surface area contributed by atoms with Crippen molar-refractivity contribution in [3.63, 3.8) is 0 Å². The van der Waals surface area contributed by atoms with E-state index in [1.54, 1.807) is 31.2 Å². The third kappa shape index (κ3) is 4.58. The average molecular weight is 395 g/mol. The van der Waals surface area contributed by atoms with Crippen LogP contribution < -0.4 is 10.1 Å². The van der Waals surface area contributed by atoms with Gasteiger partial charge in [-0.1, -0.05) is 49.4 Å². The molecule has 1 heterocycles. The first kappa shape index (κ1) is 19.6. The minimum absolute atomic E-state index is 0.247. The molecule has 0 fully saturated rings. The molecule has 1 N–H and O–H groups in total. The van der Waals surface area contributed by atoms with Crippen LogP contribution in [0, 0.1) is 0 Å². The number of hydrogen-bond donors (Lipinski definition) is 1. The lowest BCUT2D eigenvalue weighted by molar-refractivity contribution is 0.0529. The Balaban J connectivity index is 1.88. The van der Waals surface area contributed by atoms with Gasteiger partial charge in [0.05, 0.1) is 6.61 Å². The van der Waals surface area contributed by atoms with Crippen LogP contribution in [0.1, 0.15) is 29.8 Å². The minimum Gasteiger partial charge on any atom is -0.462 e. The molecule has 1 aromatic heterocycles. The Morgan fingerprint density at radius 3 is 2.36 bits per heavy atom. The second-order valence-electron chi connectivity index (χ2n) is 5.95. The highest BCUT2D eigenvalue weighted by molar-refractivity contribution is 7.15. The number of amides is 1. The zero-order chi connectivity index (χ0) is 19.9. The van der Waals surface area contributed by atoms with Crippen molar-refractivity contribution < 1.29 is 19.1 Å². The van der Waals surface area contributed by atoms with Crippen molar-refractivity contribution in [3.05, 3.63) is 71.1 Å². The summed E-state index contributed by atoms with van der Waals surface area (Å²) in [5.74, 6) is -0.0575. The van der Waals surface area contributed by atoms with E-state index in [1.165, 1.54) is 16.9 Å². The Morgan fingerprint density at radius 2 is 1.71 bits per heavy atom. The summed E-state index contributed by atoms with van der Waals surface area (Å²) in [6, 6.07) is 16.7. The molecule has 144 valence electrons. The monoisotopic (exact) mass is 395 g/mol. The summed E-state index contributed by atoms with van der Waals surface area (Å²) in [7, 11) is 0. The number of ether oxygens (including phenoxy) is 2. The van der Waals surface area contributed by atoms with Crippen LogP contribution in [-0.4, -0.2) is 18.7 Å². The number of aryl methyl sites for hydroxylation is 1. The lowest BCUT2D eigenvalue weighted by atomic mass is 10.0. The normalized spacial score (nSPS) is 10.4. The van der Waals surface area contributed by atoms with E-state index < -0.39 is 12.1 Å². The van der Waals surface area contributed by atoms with Gasteiger partial charge in [-0.15, -0.1) is 11.3 Å². The summed E-state index contributed by atoms with van der Waals surface area (Å²) in [5, 5.41) is 4.90. The number of carbonyl (C=O) groups is 2. The predicted molar refractivity (Wildman–Crippen MR) is 111 cm³/mol. The van der Waals surface area contributed by atoms with Crippen molar-refractivity contribution in [2.45, 2.75) is 20.3 Å². The number of benzene rings is 2. The number of thiophene rings is 1. The third-order valence-electron chi connectivity index (χ3n) is 4.11. The maximum Gasteiger partial charge on any atom is 0.417 e. The molecule has 0 aliphatic carbocycles. The molecule has 1 amide bonds. The fraction of sp³-hybridized carbons (Fsp3) is 0.182. The number of esters is 1. The van der Waals surface area contributed by atoms with Crippen LogP contribution in [0.5, 0.6) is 5.75 Å². The quantitative estimate of drug-likeness (QED) is 0.539. The smallest absolute Gasteiger partial charge is 0.417 e. The molecule has 2 aromatic carbocycles. The van der Waals surface area contributed by atoms with Gasteiger partial charge in [0.15, 0.2) is 0 Å². The van der Waals surface area contributed by atoms with Gasteiger partial charge in [-0.2, -0.15) is 0 Å². The zero-order valence-electron chi connectivity index (χ0n) is 15.7. The van der Waals surface area contributed by atoms with E-state index in [1.807, 2.05) is 35.7 Å². The van der Waals surface area contributed by atoms with E-state index in [9.17, 15) is 9.59 Å². The van der Waals surface area contributed by atoms with Crippen LogP contribution >= 0.6 is 11.3 Å². The molecule has 28 heavy (non-hydrogen) atoms. The first-order valence-corrected chi connectivity index (χ1v) is 9.92. The van der Waals surface area contributed by atoms with Crippen LogP contribution in [-0.2, 0) is 11.2 Å². The Bertz CT molecular complexity index is 948. The summed E-state index contributed by atoms with van der Waals surface area (Å²) in [5.41, 5.74) is 3.16. The Hall–Kier alpha value is -3.12. The number of para-hydroxylation sites is 1. The topological polar surface area (TPSA) is 64.6 Å². The molecule has 0 saturated heterocycles. The molecule has 0 unspecified atom stereocenters. The maximum atomic E-state index is 12.6. The largest absolute Gasteiger partial charge is 0.462 e. The van der Waals surface area contributed by atoms with Crippen LogP contribution in [0.4, 0.5) is 9.80 Å². The highest BCUT2D eigenvalue weighted by Crippen LogP contribution is 2.36. The second kappa shape index (κ2) is 9.19. The number of nitrogens with one attached hydrogen (secondary N) is 1. The van der Waals surface area contributed by atoms with E-state index in [4.69, 9.17) is 9.47 Å². The first-order valence-electron chi connectivity index (χ1n) is 9.04. The van der Waals surface area contributed by atoms with E-state index in [2.05, 4.69) is 12.2 Å². The van der Waals surface area contributed by atoms with Crippen molar-refractivity contribution in [2.75, 3.05) is 11.9 Å². The van der Waals surface area contributed by atoms with Crippen molar-refractivity contribution >= 4 is 28.4 Å². The number of carbonyl (C=O) groups excluding carboxylic acids is 2. The summed E-state index contributed by atoms with van der Waals surface area (Å²) in [6.45, 7) is 4.08. The summed E-state index contributed by atoms with van der Waals surface area (Å²) < 4.78 is 10.5. The van der Waals surface area contributed by atoms with E-state index >= 15 is 0 Å². The minimum atomic E-state index is -0.661. The third-order valence-corrected chi connectivity index (χ3v) is 5.01. The second-order valence-corrected chi connectivity index (χ2v) is 6.83. The fourth-order valence-corrected chi connectivity index (χ4v) is 3.65. The van der Waals surface area contributed by atoms with E-state index in [0.717, 1.165) is 17.5 Å². The fourth-order valence-electron chi connectivity index (χ4n) is 2.70. The van der Waals surface area contributed by atoms with E-state index in [0.29, 0.717) is 16.3 Å². The molecular formula is C22H21NO4S. The summed E-state index contributed by atoms with van der Waals surface area (Å²) in [4.78, 5) is 24.8. The molecule has 0 saturated carbocycles. The van der Waals surface area contributed by atoms with Crippen LogP contribution in [0.3, 0.4) is 0 Å². The molecule has 5 nitrogen and oxygen atoms in total. The van der Waals surface area contributed by atoms with Gasteiger partial charge in [0.1, 0.15) is 16.3 Å². The Kier molecular flexibility index (Phi) is 6.45. The molecule has 0 bridgehead atoms. The van der Waals surface area contributed by atoms with Crippen molar-refractivity contribution in [1.82, 2.24) is 0 Å². The first-order chi connectivity index (χ1) is 13.6. The summed E-state index contributed by atoms with van der Waals surface area (Å²) in [6.07, 6.45) is 0.277. The Labute approximate surface area is 167 Å². The lowest BCUT2D eigenvalue weighted by Gasteiger charge is -2.09. The van der Waals surface area contributed by atoms with Gasteiger partial charge in [0, 0.05) is 10.9 Å². The van der Waals surface area contributed by atoms with Crippen LogP contribution in [0.2, 0.25) is 0 Å². The lowest BCUT2D eigenvalue weighted by Crippen LogP contribution is -2.18. The molecule has 0 radical (unpaired) electrons. The Morgan fingerprint density at radius 1 is 1.00 bits per heavy atom. The van der Waals surface area contributed by atoms with Crippen molar-refractivity contribution in [1.29, 1.82) is 0 Å². The zero-order valence-corrected chi connectivity index (χ0v) is 16.5. The SMILES string of the molecule is CCOC(=O)c1c(-c2ccc(CC)cc2)csc1NC(=O)Oc1ccccc1. The highest BCUT2D eigenvalue weighted by atomic mass is 32.1. The number of anilines is 1. The average Bonchev–Trinajstić information content (AvgIpc) is 3.12. The van der Waals surface area contributed by atoms with Gasteiger partial charge in [0.25, 0.3) is 0 Å². The van der Waals surface area contributed by atoms with Gasteiger partial charge >= 0.3 is 12.1 Å². The molecule has 0 spiro atoms. The van der Waals surface area contributed by atoms with Gasteiger partial charge in [0.2, 0.25) is 0 Å². The molecule has 6 heteroatoms. The van der Waals surface area contributed by atoms with Crippen LogP contribution in [0.25, 0.3) is 11.1 Å². The molecule has 0 atom stereocenters.